The Labute approximate surface area is 205 Å². The van der Waals surface area contributed by atoms with Crippen molar-refractivity contribution < 1.29 is 9.53 Å². The van der Waals surface area contributed by atoms with Gasteiger partial charge in [0.2, 0.25) is 5.91 Å². The van der Waals surface area contributed by atoms with Gasteiger partial charge in [0.15, 0.2) is 5.65 Å². The lowest BCUT2D eigenvalue weighted by molar-refractivity contribution is -0.139. The van der Waals surface area contributed by atoms with Crippen LogP contribution in [0.5, 0.6) is 0 Å². The van der Waals surface area contributed by atoms with Crippen molar-refractivity contribution in [1.82, 2.24) is 29.4 Å². The summed E-state index contributed by atoms with van der Waals surface area (Å²) in [5.74, 6) is 0.455. The van der Waals surface area contributed by atoms with Gasteiger partial charge in [-0.15, -0.1) is 0 Å². The highest BCUT2D eigenvalue weighted by Gasteiger charge is 2.27. The standard InChI is InChI=1S/C27H34N6O2/c1-16(2)25-20-11-19(23-13-32(9-10-35-23)24(34)14-31(5)6)7-8-22(20)30-26(25)21-12-33-27(28-15-29-33)18(4)17(21)3/h7-8,11-12,15-16,23,30H,9-10,13-14H2,1-6H3. The molecule has 0 aliphatic carbocycles. The van der Waals surface area contributed by atoms with E-state index in [2.05, 4.69) is 67.2 Å². The van der Waals surface area contributed by atoms with E-state index >= 15 is 0 Å². The lowest BCUT2D eigenvalue weighted by Gasteiger charge is -2.34. The predicted molar refractivity (Wildman–Crippen MR) is 138 cm³/mol. The Bertz CT molecular complexity index is 1400. The topological polar surface area (TPSA) is 78.8 Å². The van der Waals surface area contributed by atoms with Crippen molar-refractivity contribution in [3.63, 3.8) is 0 Å². The van der Waals surface area contributed by atoms with Crippen LogP contribution < -0.4 is 0 Å². The summed E-state index contributed by atoms with van der Waals surface area (Å²) in [6, 6.07) is 6.50. The zero-order chi connectivity index (χ0) is 24.9. The second kappa shape index (κ2) is 9.09. The first-order chi connectivity index (χ1) is 16.7. The number of aromatic nitrogens is 4. The number of pyridine rings is 1. The average Bonchev–Trinajstić information content (AvgIpc) is 3.45. The van der Waals surface area contributed by atoms with Crippen LogP contribution in [-0.4, -0.2) is 75.6 Å². The summed E-state index contributed by atoms with van der Waals surface area (Å²) in [6.45, 7) is 10.9. The van der Waals surface area contributed by atoms with Gasteiger partial charge in [-0.3, -0.25) is 4.79 Å². The van der Waals surface area contributed by atoms with E-state index in [1.807, 2.05) is 28.4 Å². The number of benzene rings is 1. The van der Waals surface area contributed by atoms with E-state index in [0.717, 1.165) is 33.5 Å². The lowest BCUT2D eigenvalue weighted by atomic mass is 9.93. The Morgan fingerprint density at radius 3 is 2.80 bits per heavy atom. The van der Waals surface area contributed by atoms with Crippen molar-refractivity contribution in [1.29, 1.82) is 0 Å². The highest BCUT2D eigenvalue weighted by molar-refractivity contribution is 5.92. The number of rotatable bonds is 5. The van der Waals surface area contributed by atoms with Gasteiger partial charge in [0.05, 0.1) is 25.4 Å². The molecule has 184 valence electrons. The highest BCUT2D eigenvalue weighted by Crippen LogP contribution is 2.39. The average molecular weight is 475 g/mol. The predicted octanol–water partition coefficient (Wildman–Crippen LogP) is 4.08. The number of morpholine rings is 1. The molecule has 5 rings (SSSR count). The van der Waals surface area contributed by atoms with E-state index in [4.69, 9.17) is 4.74 Å². The third-order valence-electron chi connectivity index (χ3n) is 7.08. The van der Waals surface area contributed by atoms with Crippen molar-refractivity contribution in [3.05, 3.63) is 53.0 Å². The first kappa shape index (κ1) is 23.5. The van der Waals surface area contributed by atoms with Gasteiger partial charge in [-0.05, 0) is 68.2 Å². The fraction of sp³-hybridized carbons (Fsp3) is 0.444. The van der Waals surface area contributed by atoms with Crippen LogP contribution in [0.4, 0.5) is 0 Å². The molecule has 1 fully saturated rings. The van der Waals surface area contributed by atoms with Crippen molar-refractivity contribution in [3.8, 4) is 11.3 Å². The fourth-order valence-corrected chi connectivity index (χ4v) is 5.14. The first-order valence-electron chi connectivity index (χ1n) is 12.2. The lowest BCUT2D eigenvalue weighted by Crippen LogP contribution is -2.45. The molecule has 1 amide bonds. The van der Waals surface area contributed by atoms with Crippen LogP contribution >= 0.6 is 0 Å². The minimum Gasteiger partial charge on any atom is -0.370 e. The number of aromatic amines is 1. The molecular weight excluding hydrogens is 440 g/mol. The Balaban J connectivity index is 1.56. The van der Waals surface area contributed by atoms with Crippen LogP contribution in [0.1, 0.15) is 48.1 Å². The minimum atomic E-state index is -0.131. The molecule has 1 atom stereocenters. The molecule has 1 aromatic carbocycles. The number of ether oxygens (including phenoxy) is 1. The number of nitrogens with one attached hydrogen (secondary N) is 1. The van der Waals surface area contributed by atoms with E-state index in [0.29, 0.717) is 32.2 Å². The smallest absolute Gasteiger partial charge is 0.236 e. The third-order valence-corrected chi connectivity index (χ3v) is 7.08. The van der Waals surface area contributed by atoms with Gasteiger partial charge < -0.3 is 19.5 Å². The molecule has 8 heteroatoms. The van der Waals surface area contributed by atoms with Crippen LogP contribution in [-0.2, 0) is 9.53 Å². The third kappa shape index (κ3) is 4.21. The summed E-state index contributed by atoms with van der Waals surface area (Å²) in [6.07, 6.45) is 3.54. The SMILES string of the molecule is Cc1c(-c2[nH]c3ccc(C4CN(C(=O)CN(C)C)CCO4)cc3c2C(C)C)cn2ncnc2c1C. The zero-order valence-corrected chi connectivity index (χ0v) is 21.4. The Hall–Kier alpha value is -3.23. The number of amides is 1. The summed E-state index contributed by atoms with van der Waals surface area (Å²) in [5.41, 5.74) is 8.95. The molecule has 0 saturated carbocycles. The molecule has 4 heterocycles. The number of aryl methyl sites for hydroxylation is 1. The van der Waals surface area contributed by atoms with E-state index in [-0.39, 0.29) is 12.0 Å². The van der Waals surface area contributed by atoms with Gasteiger partial charge in [-0.25, -0.2) is 9.50 Å². The van der Waals surface area contributed by atoms with Crippen LogP contribution in [0.2, 0.25) is 0 Å². The normalized spacial score (nSPS) is 16.8. The second-order valence-corrected chi connectivity index (χ2v) is 10.1. The summed E-state index contributed by atoms with van der Waals surface area (Å²) >= 11 is 0. The molecule has 4 aromatic rings. The van der Waals surface area contributed by atoms with Crippen LogP contribution in [0.25, 0.3) is 27.8 Å². The molecular formula is C27H34N6O2. The molecule has 35 heavy (non-hydrogen) atoms. The van der Waals surface area contributed by atoms with Gasteiger partial charge in [0, 0.05) is 29.2 Å². The Morgan fingerprint density at radius 2 is 2.06 bits per heavy atom. The van der Waals surface area contributed by atoms with Gasteiger partial charge in [0.25, 0.3) is 0 Å². The van der Waals surface area contributed by atoms with Gasteiger partial charge in [0.1, 0.15) is 12.4 Å². The number of carbonyl (C=O) groups is 1. The molecule has 0 bridgehead atoms. The molecule has 1 aliphatic heterocycles. The van der Waals surface area contributed by atoms with Gasteiger partial charge >= 0.3 is 0 Å². The number of fused-ring (bicyclic) bond motifs is 2. The minimum absolute atomic E-state index is 0.131. The van der Waals surface area contributed by atoms with E-state index in [9.17, 15) is 4.79 Å². The first-order valence-corrected chi connectivity index (χ1v) is 12.2. The van der Waals surface area contributed by atoms with E-state index in [1.165, 1.54) is 16.5 Å². The van der Waals surface area contributed by atoms with Gasteiger partial charge in [-0.2, -0.15) is 5.10 Å². The Kier molecular flexibility index (Phi) is 6.11. The van der Waals surface area contributed by atoms with Crippen LogP contribution in [0.15, 0.2) is 30.7 Å². The fourth-order valence-electron chi connectivity index (χ4n) is 5.14. The number of hydrogen-bond donors (Lipinski definition) is 1. The molecule has 1 saturated heterocycles. The zero-order valence-electron chi connectivity index (χ0n) is 21.4. The maximum Gasteiger partial charge on any atom is 0.236 e. The molecule has 1 aliphatic rings. The molecule has 1 N–H and O–H groups in total. The maximum atomic E-state index is 12.6. The molecule has 3 aromatic heterocycles. The van der Waals surface area contributed by atoms with Crippen molar-refractivity contribution >= 4 is 22.5 Å². The van der Waals surface area contributed by atoms with Crippen molar-refractivity contribution in [2.24, 2.45) is 0 Å². The number of hydrogen-bond acceptors (Lipinski definition) is 5. The molecule has 0 spiro atoms. The number of carbonyl (C=O) groups excluding carboxylic acids is 1. The maximum absolute atomic E-state index is 12.6. The number of nitrogens with zero attached hydrogens (tertiary/aromatic N) is 5. The van der Waals surface area contributed by atoms with Crippen molar-refractivity contribution in [2.75, 3.05) is 40.3 Å². The molecule has 8 nitrogen and oxygen atoms in total. The second-order valence-electron chi connectivity index (χ2n) is 10.1. The largest absolute Gasteiger partial charge is 0.370 e. The summed E-state index contributed by atoms with van der Waals surface area (Å²) in [5, 5.41) is 5.59. The van der Waals surface area contributed by atoms with Crippen molar-refractivity contribution in [2.45, 2.75) is 39.7 Å². The van der Waals surface area contributed by atoms with E-state index in [1.54, 1.807) is 6.33 Å². The van der Waals surface area contributed by atoms with E-state index < -0.39 is 0 Å². The van der Waals surface area contributed by atoms with Crippen LogP contribution in [0.3, 0.4) is 0 Å². The molecule has 1 unspecified atom stereocenters. The van der Waals surface area contributed by atoms with Gasteiger partial charge in [-0.1, -0.05) is 19.9 Å². The van der Waals surface area contributed by atoms with Crippen LogP contribution in [0, 0.1) is 13.8 Å². The molecule has 0 radical (unpaired) electrons. The highest BCUT2D eigenvalue weighted by atomic mass is 16.5. The monoisotopic (exact) mass is 474 g/mol. The number of likely N-dealkylation sites (N-methyl/N-ethyl adjacent to an activating group) is 1. The number of H-pyrrole nitrogens is 1. The quantitative estimate of drug-likeness (QED) is 0.472. The Morgan fingerprint density at radius 1 is 1.26 bits per heavy atom. The summed E-state index contributed by atoms with van der Waals surface area (Å²) in [4.78, 5) is 24.6. The summed E-state index contributed by atoms with van der Waals surface area (Å²) in [7, 11) is 3.84. The summed E-state index contributed by atoms with van der Waals surface area (Å²) < 4.78 is 7.98.